The third-order valence-electron chi connectivity index (χ3n) is 3.71. The molecule has 0 spiro atoms. The molecule has 0 aliphatic carbocycles. The van der Waals surface area contributed by atoms with Gasteiger partial charge in [-0.25, -0.2) is 0 Å². The molecular weight excluding hydrogens is 370 g/mol. The second-order valence-corrected chi connectivity index (χ2v) is 6.98. The number of carbonyl (C=O) groups excluding carboxylic acids is 1. The summed E-state index contributed by atoms with van der Waals surface area (Å²) in [4.78, 5) is 16.0. The average Bonchev–Trinajstić information content (AvgIpc) is 3.01. The normalized spacial score (nSPS) is 10.7. The molecule has 0 atom stereocenters. The Kier molecular flexibility index (Phi) is 6.25. The summed E-state index contributed by atoms with van der Waals surface area (Å²) in [5.74, 6) is 1.39. The fourth-order valence-electron chi connectivity index (χ4n) is 2.34. The van der Waals surface area contributed by atoms with Crippen molar-refractivity contribution in [1.29, 1.82) is 0 Å². The maximum absolute atomic E-state index is 12.0. The van der Waals surface area contributed by atoms with E-state index >= 15 is 0 Å². The van der Waals surface area contributed by atoms with E-state index in [1.807, 2.05) is 35.9 Å². The van der Waals surface area contributed by atoms with E-state index in [1.165, 1.54) is 0 Å². The van der Waals surface area contributed by atoms with Crippen LogP contribution in [0.25, 0.3) is 0 Å². The Bertz CT molecular complexity index is 884. The number of aromatic nitrogens is 4. The third-order valence-corrected chi connectivity index (χ3v) is 5.04. The highest BCUT2D eigenvalue weighted by Crippen LogP contribution is 2.22. The molecule has 0 radical (unpaired) electrons. The number of hydrogen-bond donors (Lipinski definition) is 1. The average molecular weight is 388 g/mol. The van der Waals surface area contributed by atoms with Crippen LogP contribution in [-0.4, -0.2) is 32.2 Å². The zero-order valence-corrected chi connectivity index (χ0v) is 15.8. The van der Waals surface area contributed by atoms with Gasteiger partial charge < -0.3 is 9.88 Å². The van der Waals surface area contributed by atoms with E-state index < -0.39 is 0 Å². The van der Waals surface area contributed by atoms with Crippen molar-refractivity contribution in [1.82, 2.24) is 25.1 Å². The SMILES string of the molecule is Cn1c(CCNC(=O)c2ccccn2)nnc1SCc1cccc(Cl)c1. The number of amides is 1. The summed E-state index contributed by atoms with van der Waals surface area (Å²) in [5.41, 5.74) is 1.54. The van der Waals surface area contributed by atoms with Crippen LogP contribution in [0.4, 0.5) is 0 Å². The van der Waals surface area contributed by atoms with Crippen molar-refractivity contribution in [2.75, 3.05) is 6.54 Å². The highest BCUT2D eigenvalue weighted by molar-refractivity contribution is 7.98. The highest BCUT2D eigenvalue weighted by Gasteiger charge is 2.11. The van der Waals surface area contributed by atoms with Gasteiger partial charge in [-0.2, -0.15) is 0 Å². The van der Waals surface area contributed by atoms with Gasteiger partial charge in [0.15, 0.2) is 5.16 Å². The zero-order chi connectivity index (χ0) is 18.4. The van der Waals surface area contributed by atoms with Gasteiger partial charge in [0.2, 0.25) is 0 Å². The minimum atomic E-state index is -0.191. The van der Waals surface area contributed by atoms with E-state index in [-0.39, 0.29) is 5.91 Å². The Morgan fingerprint density at radius 3 is 2.88 bits per heavy atom. The maximum atomic E-state index is 12.0. The van der Waals surface area contributed by atoms with E-state index in [0.717, 1.165) is 27.3 Å². The molecule has 1 aromatic carbocycles. The van der Waals surface area contributed by atoms with Gasteiger partial charge in [-0.3, -0.25) is 9.78 Å². The molecule has 2 heterocycles. The van der Waals surface area contributed by atoms with E-state index in [0.29, 0.717) is 18.7 Å². The number of nitrogens with zero attached hydrogens (tertiary/aromatic N) is 4. The van der Waals surface area contributed by atoms with Gasteiger partial charge in [-0.1, -0.05) is 41.6 Å². The first kappa shape index (κ1) is 18.4. The molecule has 0 saturated carbocycles. The first-order valence-corrected chi connectivity index (χ1v) is 9.44. The second kappa shape index (κ2) is 8.82. The summed E-state index contributed by atoms with van der Waals surface area (Å²) in [6.07, 6.45) is 2.20. The molecule has 2 aromatic heterocycles. The Labute approximate surface area is 161 Å². The van der Waals surface area contributed by atoms with E-state index in [1.54, 1.807) is 36.2 Å². The number of thioether (sulfide) groups is 1. The van der Waals surface area contributed by atoms with Crippen molar-refractivity contribution in [2.24, 2.45) is 7.05 Å². The second-order valence-electron chi connectivity index (χ2n) is 5.60. The van der Waals surface area contributed by atoms with Crippen molar-refractivity contribution in [2.45, 2.75) is 17.3 Å². The van der Waals surface area contributed by atoms with Gasteiger partial charge in [-0.05, 0) is 29.8 Å². The summed E-state index contributed by atoms with van der Waals surface area (Å²) in [7, 11) is 1.93. The number of rotatable bonds is 7. The largest absolute Gasteiger partial charge is 0.350 e. The first-order chi connectivity index (χ1) is 12.6. The molecular formula is C18H18ClN5OS. The van der Waals surface area contributed by atoms with Gasteiger partial charge >= 0.3 is 0 Å². The number of nitrogens with one attached hydrogen (secondary N) is 1. The number of benzene rings is 1. The van der Waals surface area contributed by atoms with Crippen LogP contribution in [0, 0.1) is 0 Å². The number of halogens is 1. The molecule has 0 saturated heterocycles. The molecule has 26 heavy (non-hydrogen) atoms. The third kappa shape index (κ3) is 4.83. The van der Waals surface area contributed by atoms with Gasteiger partial charge in [0, 0.05) is 37.0 Å². The molecule has 0 fully saturated rings. The van der Waals surface area contributed by atoms with Crippen molar-refractivity contribution >= 4 is 29.3 Å². The minimum Gasteiger partial charge on any atom is -0.350 e. The van der Waals surface area contributed by atoms with Crippen LogP contribution in [0.2, 0.25) is 5.02 Å². The quantitative estimate of drug-likeness (QED) is 0.630. The van der Waals surface area contributed by atoms with Crippen molar-refractivity contribution in [3.05, 3.63) is 70.8 Å². The van der Waals surface area contributed by atoms with Crippen LogP contribution in [0.1, 0.15) is 21.9 Å². The number of carbonyl (C=O) groups is 1. The molecule has 1 amide bonds. The van der Waals surface area contributed by atoms with Crippen LogP contribution >= 0.6 is 23.4 Å². The Morgan fingerprint density at radius 1 is 1.23 bits per heavy atom. The summed E-state index contributed by atoms with van der Waals surface area (Å²) in [6, 6.07) is 13.0. The predicted molar refractivity (Wildman–Crippen MR) is 102 cm³/mol. The highest BCUT2D eigenvalue weighted by atomic mass is 35.5. The van der Waals surface area contributed by atoms with Gasteiger partial charge in [0.05, 0.1) is 0 Å². The molecule has 6 nitrogen and oxygen atoms in total. The number of pyridine rings is 1. The standard InChI is InChI=1S/C18H18ClN5OS/c1-24-16(8-10-21-17(25)15-7-2-3-9-20-15)22-23-18(24)26-12-13-5-4-6-14(19)11-13/h2-7,9,11H,8,10,12H2,1H3,(H,21,25). The zero-order valence-electron chi connectivity index (χ0n) is 14.2. The van der Waals surface area contributed by atoms with Crippen molar-refractivity contribution < 1.29 is 4.79 Å². The molecule has 3 aromatic rings. The van der Waals surface area contributed by atoms with Crippen molar-refractivity contribution in [3.63, 3.8) is 0 Å². The molecule has 0 bridgehead atoms. The first-order valence-electron chi connectivity index (χ1n) is 8.08. The van der Waals surface area contributed by atoms with E-state index in [4.69, 9.17) is 11.6 Å². The van der Waals surface area contributed by atoms with Crippen LogP contribution in [0.15, 0.2) is 53.8 Å². The lowest BCUT2D eigenvalue weighted by Crippen LogP contribution is -2.27. The molecule has 0 aliphatic rings. The summed E-state index contributed by atoms with van der Waals surface area (Å²) >= 11 is 7.61. The lowest BCUT2D eigenvalue weighted by molar-refractivity contribution is 0.0949. The Balaban J connectivity index is 1.51. The fraction of sp³-hybridized carbons (Fsp3) is 0.222. The maximum Gasteiger partial charge on any atom is 0.269 e. The number of hydrogen-bond acceptors (Lipinski definition) is 5. The van der Waals surface area contributed by atoms with E-state index in [2.05, 4.69) is 20.5 Å². The van der Waals surface area contributed by atoms with Crippen molar-refractivity contribution in [3.8, 4) is 0 Å². The Morgan fingerprint density at radius 2 is 2.12 bits per heavy atom. The molecule has 8 heteroatoms. The lowest BCUT2D eigenvalue weighted by atomic mass is 10.2. The smallest absolute Gasteiger partial charge is 0.269 e. The fourth-order valence-corrected chi connectivity index (χ4v) is 3.42. The summed E-state index contributed by atoms with van der Waals surface area (Å²) < 4.78 is 1.95. The minimum absolute atomic E-state index is 0.191. The molecule has 134 valence electrons. The summed E-state index contributed by atoms with van der Waals surface area (Å²) in [6.45, 7) is 0.473. The van der Waals surface area contributed by atoms with Gasteiger partial charge in [0.25, 0.3) is 5.91 Å². The van der Waals surface area contributed by atoms with Gasteiger partial charge in [-0.15, -0.1) is 10.2 Å². The van der Waals surface area contributed by atoms with Crippen LogP contribution in [0.5, 0.6) is 0 Å². The molecule has 3 rings (SSSR count). The van der Waals surface area contributed by atoms with Crippen LogP contribution < -0.4 is 5.32 Å². The molecule has 0 aliphatic heterocycles. The molecule has 1 N–H and O–H groups in total. The van der Waals surface area contributed by atoms with Gasteiger partial charge in [0.1, 0.15) is 11.5 Å². The summed E-state index contributed by atoms with van der Waals surface area (Å²) in [5, 5.41) is 12.8. The van der Waals surface area contributed by atoms with Crippen LogP contribution in [0.3, 0.4) is 0 Å². The molecule has 0 unspecified atom stereocenters. The van der Waals surface area contributed by atoms with E-state index in [9.17, 15) is 4.79 Å². The monoisotopic (exact) mass is 387 g/mol. The predicted octanol–water partition coefficient (Wildman–Crippen LogP) is 3.13. The van der Waals surface area contributed by atoms with Crippen LogP contribution in [-0.2, 0) is 19.2 Å². The Hall–Kier alpha value is -2.38. The topological polar surface area (TPSA) is 72.7 Å². The lowest BCUT2D eigenvalue weighted by Gasteiger charge is -2.06.